The largest absolute Gasteiger partial charge is 0.394 e. The molecule has 1 aliphatic rings. The first-order valence-electron chi connectivity index (χ1n) is 6.44. The molecule has 0 heterocycles. The Morgan fingerprint density at radius 3 is 2.18 bits per heavy atom. The van der Waals surface area contributed by atoms with Gasteiger partial charge in [0.2, 0.25) is 5.91 Å². The lowest BCUT2D eigenvalue weighted by atomic mass is 9.78. The Labute approximate surface area is 104 Å². The van der Waals surface area contributed by atoms with Gasteiger partial charge in [0.15, 0.2) is 0 Å². The first kappa shape index (κ1) is 14.2. The molecule has 3 nitrogen and oxygen atoms in total. The molecular weight excluding hydrogens is 214 g/mol. The van der Waals surface area contributed by atoms with Gasteiger partial charge in [-0.2, -0.15) is 0 Å². The molecule has 0 saturated heterocycles. The number of hydrogen-bond donors (Lipinski definition) is 2. The van der Waals surface area contributed by atoms with E-state index < -0.39 is 5.54 Å². The monoisotopic (exact) mass is 239 g/mol. The fourth-order valence-corrected chi connectivity index (χ4v) is 2.32. The molecule has 1 rings (SSSR count). The van der Waals surface area contributed by atoms with Gasteiger partial charge in [-0.25, -0.2) is 0 Å². The Morgan fingerprint density at radius 2 is 1.76 bits per heavy atom. The lowest BCUT2D eigenvalue weighted by Crippen LogP contribution is -2.49. The van der Waals surface area contributed by atoms with Crippen molar-refractivity contribution in [3.05, 3.63) is 12.2 Å². The summed E-state index contributed by atoms with van der Waals surface area (Å²) in [5.41, 5.74) is 0.724. The standard InChI is InChI=1S/C14H25NO2/c1-10(2)11-5-7-12(8-6-11)13(17)15-14(3,4)9-16/h11-12,16H,1,5-9H2,2-4H3,(H,15,17). The van der Waals surface area contributed by atoms with Crippen LogP contribution >= 0.6 is 0 Å². The highest BCUT2D eigenvalue weighted by Gasteiger charge is 2.29. The molecule has 1 amide bonds. The zero-order valence-electron chi connectivity index (χ0n) is 11.3. The minimum absolute atomic E-state index is 0.0279. The van der Waals surface area contributed by atoms with Crippen LogP contribution in [0.3, 0.4) is 0 Å². The number of aliphatic hydroxyl groups excluding tert-OH is 1. The number of allylic oxidation sites excluding steroid dienone is 1. The van der Waals surface area contributed by atoms with E-state index in [0.717, 1.165) is 25.7 Å². The number of carbonyl (C=O) groups excluding carboxylic acids is 1. The highest BCUT2D eigenvalue weighted by atomic mass is 16.3. The maximum atomic E-state index is 12.0. The fraction of sp³-hybridized carbons (Fsp3) is 0.786. The number of aliphatic hydroxyl groups is 1. The van der Waals surface area contributed by atoms with Crippen molar-refractivity contribution in [1.29, 1.82) is 0 Å². The smallest absolute Gasteiger partial charge is 0.223 e. The summed E-state index contributed by atoms with van der Waals surface area (Å²) < 4.78 is 0. The Bertz CT molecular complexity index is 289. The molecular formula is C14H25NO2. The quantitative estimate of drug-likeness (QED) is 0.739. The Hall–Kier alpha value is -0.830. The van der Waals surface area contributed by atoms with Gasteiger partial charge in [0.05, 0.1) is 12.1 Å². The van der Waals surface area contributed by atoms with Crippen molar-refractivity contribution in [2.45, 2.75) is 52.0 Å². The molecule has 1 saturated carbocycles. The van der Waals surface area contributed by atoms with E-state index in [2.05, 4.69) is 18.8 Å². The van der Waals surface area contributed by atoms with Crippen molar-refractivity contribution in [3.63, 3.8) is 0 Å². The van der Waals surface area contributed by atoms with Crippen LogP contribution in [0.5, 0.6) is 0 Å². The minimum atomic E-state index is -0.512. The Morgan fingerprint density at radius 1 is 1.29 bits per heavy atom. The number of amides is 1. The molecule has 0 bridgehead atoms. The molecule has 98 valence electrons. The lowest BCUT2D eigenvalue weighted by molar-refractivity contribution is -0.128. The summed E-state index contributed by atoms with van der Waals surface area (Å²) in [5, 5.41) is 12.0. The van der Waals surface area contributed by atoms with Gasteiger partial charge in [0, 0.05) is 5.92 Å². The fourth-order valence-electron chi connectivity index (χ4n) is 2.32. The van der Waals surface area contributed by atoms with Crippen LogP contribution in [-0.2, 0) is 4.79 Å². The number of rotatable bonds is 4. The topological polar surface area (TPSA) is 49.3 Å². The number of carbonyl (C=O) groups is 1. The van der Waals surface area contributed by atoms with Crippen molar-refractivity contribution in [2.75, 3.05) is 6.61 Å². The van der Waals surface area contributed by atoms with Crippen LogP contribution in [0, 0.1) is 11.8 Å². The zero-order valence-corrected chi connectivity index (χ0v) is 11.3. The van der Waals surface area contributed by atoms with E-state index in [0.29, 0.717) is 5.92 Å². The predicted molar refractivity (Wildman–Crippen MR) is 69.6 cm³/mol. The molecule has 17 heavy (non-hydrogen) atoms. The van der Waals surface area contributed by atoms with Crippen LogP contribution in [0.25, 0.3) is 0 Å². The van der Waals surface area contributed by atoms with E-state index in [9.17, 15) is 4.79 Å². The second-order valence-electron chi connectivity index (χ2n) is 5.93. The van der Waals surface area contributed by atoms with E-state index in [1.54, 1.807) is 0 Å². The molecule has 0 radical (unpaired) electrons. The van der Waals surface area contributed by atoms with Gasteiger partial charge >= 0.3 is 0 Å². The minimum Gasteiger partial charge on any atom is -0.394 e. The molecule has 1 fully saturated rings. The van der Waals surface area contributed by atoms with Crippen LogP contribution < -0.4 is 5.32 Å². The second-order valence-corrected chi connectivity index (χ2v) is 5.93. The van der Waals surface area contributed by atoms with Crippen LogP contribution in [-0.4, -0.2) is 23.2 Å². The first-order valence-corrected chi connectivity index (χ1v) is 6.44. The van der Waals surface area contributed by atoms with E-state index in [-0.39, 0.29) is 18.4 Å². The molecule has 1 aliphatic carbocycles. The average molecular weight is 239 g/mol. The Balaban J connectivity index is 2.44. The second kappa shape index (κ2) is 5.67. The third kappa shape index (κ3) is 4.15. The van der Waals surface area contributed by atoms with Gasteiger partial charge in [-0.05, 0) is 52.4 Å². The van der Waals surface area contributed by atoms with E-state index in [4.69, 9.17) is 5.11 Å². The SMILES string of the molecule is C=C(C)C1CCC(C(=O)NC(C)(C)CO)CC1. The van der Waals surface area contributed by atoms with Crippen molar-refractivity contribution < 1.29 is 9.90 Å². The van der Waals surface area contributed by atoms with Crippen molar-refractivity contribution in [3.8, 4) is 0 Å². The molecule has 0 unspecified atom stereocenters. The van der Waals surface area contributed by atoms with Crippen molar-refractivity contribution in [1.82, 2.24) is 5.32 Å². The van der Waals surface area contributed by atoms with Crippen LogP contribution in [0.1, 0.15) is 46.5 Å². The maximum absolute atomic E-state index is 12.0. The van der Waals surface area contributed by atoms with E-state index in [1.807, 2.05) is 13.8 Å². The van der Waals surface area contributed by atoms with Gasteiger partial charge in [0.1, 0.15) is 0 Å². The van der Waals surface area contributed by atoms with Crippen LogP contribution in [0.2, 0.25) is 0 Å². The number of hydrogen-bond acceptors (Lipinski definition) is 2. The van der Waals surface area contributed by atoms with E-state index in [1.165, 1.54) is 5.57 Å². The van der Waals surface area contributed by atoms with Crippen LogP contribution in [0.4, 0.5) is 0 Å². The van der Waals surface area contributed by atoms with E-state index >= 15 is 0 Å². The molecule has 0 aliphatic heterocycles. The summed E-state index contributed by atoms with van der Waals surface area (Å²) >= 11 is 0. The van der Waals surface area contributed by atoms with Gasteiger partial charge < -0.3 is 10.4 Å². The zero-order chi connectivity index (χ0) is 13.1. The molecule has 3 heteroatoms. The number of nitrogens with one attached hydrogen (secondary N) is 1. The molecule has 0 aromatic carbocycles. The summed E-state index contributed by atoms with van der Waals surface area (Å²) in [6, 6.07) is 0. The lowest BCUT2D eigenvalue weighted by Gasteiger charge is -2.31. The maximum Gasteiger partial charge on any atom is 0.223 e. The third-order valence-corrected chi connectivity index (χ3v) is 3.65. The molecule has 0 aromatic rings. The van der Waals surface area contributed by atoms with Gasteiger partial charge in [-0.15, -0.1) is 0 Å². The van der Waals surface area contributed by atoms with Crippen molar-refractivity contribution in [2.24, 2.45) is 11.8 Å². The first-order chi connectivity index (χ1) is 7.85. The van der Waals surface area contributed by atoms with Crippen LogP contribution in [0.15, 0.2) is 12.2 Å². The molecule has 0 atom stereocenters. The van der Waals surface area contributed by atoms with Gasteiger partial charge in [0.25, 0.3) is 0 Å². The third-order valence-electron chi connectivity index (χ3n) is 3.65. The molecule has 0 aromatic heterocycles. The van der Waals surface area contributed by atoms with Gasteiger partial charge in [-0.3, -0.25) is 4.79 Å². The molecule has 0 spiro atoms. The normalized spacial score (nSPS) is 25.4. The summed E-state index contributed by atoms with van der Waals surface area (Å²) in [5.74, 6) is 0.783. The van der Waals surface area contributed by atoms with Gasteiger partial charge in [-0.1, -0.05) is 12.2 Å². The Kier molecular flexibility index (Phi) is 4.75. The highest BCUT2D eigenvalue weighted by molar-refractivity contribution is 5.79. The summed E-state index contributed by atoms with van der Waals surface area (Å²) in [7, 11) is 0. The summed E-state index contributed by atoms with van der Waals surface area (Å²) in [4.78, 5) is 12.0. The molecule has 2 N–H and O–H groups in total. The van der Waals surface area contributed by atoms with Crippen molar-refractivity contribution >= 4 is 5.91 Å². The summed E-state index contributed by atoms with van der Waals surface area (Å²) in [6.07, 6.45) is 4.00. The summed E-state index contributed by atoms with van der Waals surface area (Å²) in [6.45, 7) is 9.70. The highest BCUT2D eigenvalue weighted by Crippen LogP contribution is 2.32. The predicted octanol–water partition coefficient (Wildman–Crippen LogP) is 2.26. The average Bonchev–Trinajstić information content (AvgIpc) is 2.28.